The first-order chi connectivity index (χ1) is 11.9. The summed E-state index contributed by atoms with van der Waals surface area (Å²) < 4.78 is 5.51. The minimum absolute atomic E-state index is 0.110. The van der Waals surface area contributed by atoms with Crippen molar-refractivity contribution < 1.29 is 19.4 Å². The van der Waals surface area contributed by atoms with Gasteiger partial charge in [-0.3, -0.25) is 9.59 Å². The minimum Gasteiger partial charge on any atom is -0.454 e. The molecule has 3 aliphatic rings. The van der Waals surface area contributed by atoms with E-state index in [1.54, 1.807) is 6.08 Å². The third kappa shape index (κ3) is 2.67. The fraction of sp³-hybridized carbons (Fsp3) is 0.818. The minimum atomic E-state index is -1.05. The molecule has 3 fully saturated rings. The van der Waals surface area contributed by atoms with Crippen molar-refractivity contribution in [1.82, 2.24) is 0 Å². The summed E-state index contributed by atoms with van der Waals surface area (Å²) in [7, 11) is 0. The maximum Gasteiger partial charge on any atom is 0.303 e. The van der Waals surface area contributed by atoms with Crippen molar-refractivity contribution in [2.75, 3.05) is 0 Å². The van der Waals surface area contributed by atoms with Gasteiger partial charge in [0.05, 0.1) is 11.5 Å². The number of fused-ring (bicyclic) bond motifs is 3. The molecular formula is C22H34O4. The molecule has 26 heavy (non-hydrogen) atoms. The lowest BCUT2D eigenvalue weighted by atomic mass is 9.41. The van der Waals surface area contributed by atoms with Crippen molar-refractivity contribution in [2.24, 2.45) is 28.1 Å². The first kappa shape index (κ1) is 19.6. The van der Waals surface area contributed by atoms with Gasteiger partial charge in [-0.2, -0.15) is 0 Å². The summed E-state index contributed by atoms with van der Waals surface area (Å²) in [6.45, 7) is 13.9. The van der Waals surface area contributed by atoms with Gasteiger partial charge in [0.25, 0.3) is 0 Å². The van der Waals surface area contributed by atoms with Crippen LogP contribution in [0.25, 0.3) is 0 Å². The van der Waals surface area contributed by atoms with E-state index in [-0.39, 0.29) is 16.6 Å². The summed E-state index contributed by atoms with van der Waals surface area (Å²) in [5, 5.41) is 11.6. The van der Waals surface area contributed by atoms with Crippen molar-refractivity contribution in [3.05, 3.63) is 12.7 Å². The average molecular weight is 363 g/mol. The van der Waals surface area contributed by atoms with Crippen molar-refractivity contribution in [3.8, 4) is 0 Å². The molecule has 3 aliphatic carbocycles. The molecule has 0 aromatic carbocycles. The summed E-state index contributed by atoms with van der Waals surface area (Å²) >= 11 is 0. The number of ketones is 1. The topological polar surface area (TPSA) is 63.6 Å². The fourth-order valence-corrected chi connectivity index (χ4v) is 6.93. The molecule has 0 heterocycles. The van der Waals surface area contributed by atoms with E-state index in [0.717, 1.165) is 25.7 Å². The van der Waals surface area contributed by atoms with Crippen molar-refractivity contribution in [3.63, 3.8) is 0 Å². The fourth-order valence-electron chi connectivity index (χ4n) is 6.93. The Bertz CT molecular complexity index is 638. The molecule has 0 saturated heterocycles. The van der Waals surface area contributed by atoms with Crippen LogP contribution in [-0.4, -0.2) is 28.6 Å². The number of rotatable bonds is 2. The standard InChI is InChI=1S/C22H34O4/c1-7-20(5)13-22(25)12-9-15-19(3,4)10-8-11-21(15,6)17(22)16(24)18(20)26-14(2)23/h7,15,17-18,25H,1,8-13H2,2-6H3. The molecule has 1 N–H and O–H groups in total. The largest absolute Gasteiger partial charge is 0.454 e. The van der Waals surface area contributed by atoms with Crippen molar-refractivity contribution in [2.45, 2.75) is 84.8 Å². The molecule has 6 atom stereocenters. The summed E-state index contributed by atoms with van der Waals surface area (Å²) in [6, 6.07) is 0. The molecule has 0 amide bonds. The van der Waals surface area contributed by atoms with Gasteiger partial charge in [-0.05, 0) is 48.9 Å². The van der Waals surface area contributed by atoms with E-state index in [1.807, 2.05) is 6.92 Å². The van der Waals surface area contributed by atoms with Gasteiger partial charge >= 0.3 is 5.97 Å². The second kappa shape index (κ2) is 5.92. The highest BCUT2D eigenvalue weighted by Gasteiger charge is 2.67. The molecule has 0 aromatic rings. The highest BCUT2D eigenvalue weighted by molar-refractivity contribution is 5.91. The van der Waals surface area contributed by atoms with E-state index in [1.165, 1.54) is 6.92 Å². The number of esters is 1. The van der Waals surface area contributed by atoms with Gasteiger partial charge in [-0.15, -0.1) is 6.58 Å². The Balaban J connectivity index is 2.08. The number of hydrogen-bond donors (Lipinski definition) is 1. The van der Waals surface area contributed by atoms with Gasteiger partial charge in [0.1, 0.15) is 0 Å². The average Bonchev–Trinajstić information content (AvgIpc) is 2.49. The van der Waals surface area contributed by atoms with Gasteiger partial charge in [0, 0.05) is 12.3 Å². The molecular weight excluding hydrogens is 328 g/mol. The van der Waals surface area contributed by atoms with Crippen molar-refractivity contribution >= 4 is 11.8 Å². The van der Waals surface area contributed by atoms with Gasteiger partial charge < -0.3 is 9.84 Å². The van der Waals surface area contributed by atoms with Crippen LogP contribution in [-0.2, 0) is 14.3 Å². The van der Waals surface area contributed by atoms with E-state index < -0.39 is 29.0 Å². The Kier molecular flexibility index (Phi) is 4.46. The van der Waals surface area contributed by atoms with Gasteiger partial charge in [-0.25, -0.2) is 0 Å². The molecule has 4 heteroatoms. The first-order valence-corrected chi connectivity index (χ1v) is 9.97. The quantitative estimate of drug-likeness (QED) is 0.594. The van der Waals surface area contributed by atoms with E-state index in [2.05, 4.69) is 27.4 Å². The molecule has 0 spiro atoms. The summed E-state index contributed by atoms with van der Waals surface area (Å²) in [5.41, 5.74) is -1.88. The van der Waals surface area contributed by atoms with Crippen LogP contribution in [0.1, 0.15) is 73.1 Å². The van der Waals surface area contributed by atoms with Crippen molar-refractivity contribution in [1.29, 1.82) is 0 Å². The van der Waals surface area contributed by atoms with E-state index in [0.29, 0.717) is 18.8 Å². The zero-order valence-electron chi connectivity index (χ0n) is 16.9. The van der Waals surface area contributed by atoms with Gasteiger partial charge in [0.15, 0.2) is 11.9 Å². The van der Waals surface area contributed by atoms with Crippen LogP contribution in [0.3, 0.4) is 0 Å². The molecule has 0 aromatic heterocycles. The normalized spacial score (nSPS) is 47.5. The smallest absolute Gasteiger partial charge is 0.303 e. The zero-order chi connectivity index (χ0) is 19.5. The molecule has 146 valence electrons. The number of carbonyl (C=O) groups is 2. The van der Waals surface area contributed by atoms with Crippen LogP contribution in [0.15, 0.2) is 12.7 Å². The SMILES string of the molecule is C=CC1(C)CC2(O)CCC3C(C)(C)CCCC3(C)C2C(=O)C1OC(C)=O. The Morgan fingerprint density at radius 2 is 1.88 bits per heavy atom. The lowest BCUT2D eigenvalue weighted by Gasteiger charge is -2.64. The molecule has 4 nitrogen and oxygen atoms in total. The highest BCUT2D eigenvalue weighted by Crippen LogP contribution is 2.65. The third-order valence-corrected chi connectivity index (χ3v) is 7.92. The Hall–Kier alpha value is -1.16. The highest BCUT2D eigenvalue weighted by atomic mass is 16.5. The van der Waals surface area contributed by atoms with Crippen LogP contribution in [0.2, 0.25) is 0 Å². The maximum atomic E-state index is 13.7. The lowest BCUT2D eigenvalue weighted by molar-refractivity contribution is -0.220. The maximum absolute atomic E-state index is 13.7. The zero-order valence-corrected chi connectivity index (χ0v) is 16.9. The van der Waals surface area contributed by atoms with E-state index in [9.17, 15) is 14.7 Å². The summed E-state index contributed by atoms with van der Waals surface area (Å²) in [4.78, 5) is 25.4. The number of ether oxygens (including phenoxy) is 1. The Morgan fingerprint density at radius 1 is 1.23 bits per heavy atom. The predicted molar refractivity (Wildman–Crippen MR) is 100 cm³/mol. The number of hydrogen-bond acceptors (Lipinski definition) is 4. The van der Waals surface area contributed by atoms with Crippen LogP contribution in [0.4, 0.5) is 0 Å². The Morgan fingerprint density at radius 3 is 2.46 bits per heavy atom. The summed E-state index contributed by atoms with van der Waals surface area (Å²) in [5.74, 6) is -0.653. The molecule has 0 aliphatic heterocycles. The molecule has 0 radical (unpaired) electrons. The van der Waals surface area contributed by atoms with Gasteiger partial charge in [0.2, 0.25) is 0 Å². The number of Topliss-reactive ketones (excluding diaryl/α,β-unsaturated/α-hetero) is 1. The number of carbonyl (C=O) groups excluding carboxylic acids is 2. The van der Waals surface area contributed by atoms with Crippen LogP contribution < -0.4 is 0 Å². The second-order valence-electron chi connectivity index (χ2n) is 10.3. The monoisotopic (exact) mass is 362 g/mol. The van der Waals surface area contributed by atoms with Crippen LogP contribution in [0.5, 0.6) is 0 Å². The van der Waals surface area contributed by atoms with Crippen LogP contribution >= 0.6 is 0 Å². The number of aliphatic hydroxyl groups is 1. The summed E-state index contributed by atoms with van der Waals surface area (Å²) in [6.07, 6.45) is 5.98. The van der Waals surface area contributed by atoms with Gasteiger partial charge in [-0.1, -0.05) is 40.2 Å². The third-order valence-electron chi connectivity index (χ3n) is 7.92. The second-order valence-corrected chi connectivity index (χ2v) is 10.3. The predicted octanol–water partition coefficient (Wildman–Crippen LogP) is 4.06. The first-order valence-electron chi connectivity index (χ1n) is 9.97. The molecule has 6 unspecified atom stereocenters. The van der Waals surface area contributed by atoms with Crippen LogP contribution in [0, 0.1) is 28.1 Å². The molecule has 3 saturated carbocycles. The molecule has 3 rings (SSSR count). The van der Waals surface area contributed by atoms with E-state index >= 15 is 0 Å². The Labute approximate surface area is 157 Å². The molecule has 0 bridgehead atoms. The van der Waals surface area contributed by atoms with E-state index in [4.69, 9.17) is 4.74 Å². The lowest BCUT2D eigenvalue weighted by Crippen LogP contribution is -2.68.